The predicted octanol–water partition coefficient (Wildman–Crippen LogP) is 2.75. The van der Waals surface area contributed by atoms with Gasteiger partial charge in [0, 0.05) is 12.2 Å². The van der Waals surface area contributed by atoms with E-state index in [2.05, 4.69) is 15.7 Å². The van der Waals surface area contributed by atoms with Gasteiger partial charge in [-0.15, -0.1) is 0 Å². The highest BCUT2D eigenvalue weighted by atomic mass is 19.1. The molecule has 2 amide bonds. The molecule has 0 spiro atoms. The van der Waals surface area contributed by atoms with Crippen molar-refractivity contribution in [2.75, 3.05) is 26.0 Å². The first kappa shape index (κ1) is 21.2. The Labute approximate surface area is 174 Å². The molecule has 0 aliphatic carbocycles. The van der Waals surface area contributed by atoms with E-state index >= 15 is 0 Å². The van der Waals surface area contributed by atoms with E-state index in [-0.39, 0.29) is 24.2 Å². The van der Waals surface area contributed by atoms with Crippen molar-refractivity contribution in [2.24, 2.45) is 0 Å². The fourth-order valence-electron chi connectivity index (χ4n) is 3.00. The third-order valence-corrected chi connectivity index (χ3v) is 4.45. The van der Waals surface area contributed by atoms with Crippen molar-refractivity contribution in [1.82, 2.24) is 20.0 Å². The van der Waals surface area contributed by atoms with Crippen molar-refractivity contribution < 1.29 is 14.0 Å². The second-order valence-corrected chi connectivity index (χ2v) is 7.20. The van der Waals surface area contributed by atoms with E-state index in [0.29, 0.717) is 29.2 Å². The maximum atomic E-state index is 13.1. The standard InChI is InChI=1S/C22H24FN5O2/c1-15-20(13-25-28(15)19-9-7-17(23)8-10-19)22(30)24-12-16-5-4-6-18(11-16)26-21(29)14-27(2)3/h4-11,13H,12,14H2,1-3H3,(H,24,30)(H,26,29). The van der Waals surface area contributed by atoms with E-state index in [4.69, 9.17) is 0 Å². The van der Waals surface area contributed by atoms with E-state index in [1.165, 1.54) is 18.3 Å². The molecule has 1 heterocycles. The van der Waals surface area contributed by atoms with Crippen LogP contribution in [0.1, 0.15) is 21.6 Å². The van der Waals surface area contributed by atoms with E-state index in [9.17, 15) is 14.0 Å². The van der Waals surface area contributed by atoms with Gasteiger partial charge in [0.05, 0.1) is 29.7 Å². The Kier molecular flexibility index (Phi) is 6.58. The van der Waals surface area contributed by atoms with Gasteiger partial charge in [-0.25, -0.2) is 9.07 Å². The molecule has 156 valence electrons. The summed E-state index contributed by atoms with van der Waals surface area (Å²) >= 11 is 0. The van der Waals surface area contributed by atoms with Crippen LogP contribution in [0.4, 0.5) is 10.1 Å². The van der Waals surface area contributed by atoms with Crippen LogP contribution in [-0.4, -0.2) is 47.1 Å². The summed E-state index contributed by atoms with van der Waals surface area (Å²) in [7, 11) is 3.65. The molecule has 0 unspecified atom stereocenters. The number of carbonyl (C=O) groups is 2. The molecule has 1 aromatic heterocycles. The van der Waals surface area contributed by atoms with Crippen molar-refractivity contribution in [3.05, 3.63) is 77.4 Å². The van der Waals surface area contributed by atoms with E-state index in [1.54, 1.807) is 34.7 Å². The quantitative estimate of drug-likeness (QED) is 0.629. The van der Waals surface area contributed by atoms with Gasteiger partial charge in [0.2, 0.25) is 5.91 Å². The van der Waals surface area contributed by atoms with Crippen molar-refractivity contribution in [3.8, 4) is 5.69 Å². The Morgan fingerprint density at radius 3 is 2.57 bits per heavy atom. The van der Waals surface area contributed by atoms with Crippen LogP contribution < -0.4 is 10.6 Å². The lowest BCUT2D eigenvalue weighted by molar-refractivity contribution is -0.116. The van der Waals surface area contributed by atoms with Crippen molar-refractivity contribution in [1.29, 1.82) is 0 Å². The Hall–Kier alpha value is -3.52. The van der Waals surface area contributed by atoms with Crippen LogP contribution in [-0.2, 0) is 11.3 Å². The Morgan fingerprint density at radius 1 is 1.13 bits per heavy atom. The molecule has 0 aliphatic heterocycles. The number of hydrogen-bond donors (Lipinski definition) is 2. The number of likely N-dealkylation sites (N-methyl/N-ethyl adjacent to an activating group) is 1. The highest BCUT2D eigenvalue weighted by Gasteiger charge is 2.15. The molecule has 0 radical (unpaired) electrons. The molecular weight excluding hydrogens is 385 g/mol. The molecule has 7 nitrogen and oxygen atoms in total. The van der Waals surface area contributed by atoms with Gasteiger partial charge in [0.25, 0.3) is 5.91 Å². The minimum absolute atomic E-state index is 0.106. The molecular formula is C22H24FN5O2. The summed E-state index contributed by atoms with van der Waals surface area (Å²) in [6.45, 7) is 2.38. The molecule has 30 heavy (non-hydrogen) atoms. The number of nitrogens with zero attached hydrogens (tertiary/aromatic N) is 3. The first-order chi connectivity index (χ1) is 14.3. The van der Waals surface area contributed by atoms with E-state index in [1.807, 2.05) is 32.3 Å². The maximum Gasteiger partial charge on any atom is 0.255 e. The summed E-state index contributed by atoms with van der Waals surface area (Å²) < 4.78 is 14.7. The summed E-state index contributed by atoms with van der Waals surface area (Å²) in [4.78, 5) is 26.3. The van der Waals surface area contributed by atoms with E-state index in [0.717, 1.165) is 5.56 Å². The first-order valence-corrected chi connectivity index (χ1v) is 9.46. The second-order valence-electron chi connectivity index (χ2n) is 7.20. The smallest absolute Gasteiger partial charge is 0.255 e. The van der Waals surface area contributed by atoms with Crippen LogP contribution >= 0.6 is 0 Å². The number of benzene rings is 2. The third-order valence-electron chi connectivity index (χ3n) is 4.45. The predicted molar refractivity (Wildman–Crippen MR) is 113 cm³/mol. The summed E-state index contributed by atoms with van der Waals surface area (Å²) in [5.41, 5.74) is 3.30. The van der Waals surface area contributed by atoms with Crippen LogP contribution in [0.25, 0.3) is 5.69 Å². The first-order valence-electron chi connectivity index (χ1n) is 9.46. The van der Waals surface area contributed by atoms with Crippen LogP contribution in [0.2, 0.25) is 0 Å². The zero-order chi connectivity index (χ0) is 21.7. The number of anilines is 1. The molecule has 3 rings (SSSR count). The van der Waals surface area contributed by atoms with Gasteiger partial charge < -0.3 is 15.5 Å². The highest BCUT2D eigenvalue weighted by molar-refractivity contribution is 5.95. The van der Waals surface area contributed by atoms with Crippen LogP contribution in [0.15, 0.2) is 54.7 Å². The zero-order valence-electron chi connectivity index (χ0n) is 17.1. The van der Waals surface area contributed by atoms with Gasteiger partial charge in [-0.1, -0.05) is 12.1 Å². The largest absolute Gasteiger partial charge is 0.348 e. The lowest BCUT2D eigenvalue weighted by Gasteiger charge is -2.11. The molecule has 0 saturated carbocycles. The molecule has 0 saturated heterocycles. The molecule has 0 fully saturated rings. The molecule has 0 atom stereocenters. The van der Waals surface area contributed by atoms with Gasteiger partial charge in [0.15, 0.2) is 0 Å². The molecule has 2 N–H and O–H groups in total. The zero-order valence-corrected chi connectivity index (χ0v) is 17.1. The topological polar surface area (TPSA) is 79.3 Å². The molecule has 8 heteroatoms. The van der Waals surface area contributed by atoms with Crippen molar-refractivity contribution in [3.63, 3.8) is 0 Å². The summed E-state index contributed by atoms with van der Waals surface area (Å²) in [6.07, 6.45) is 1.49. The molecule has 0 bridgehead atoms. The number of hydrogen-bond acceptors (Lipinski definition) is 4. The average Bonchev–Trinajstić information content (AvgIpc) is 3.08. The Balaban J connectivity index is 1.64. The number of carbonyl (C=O) groups excluding carboxylic acids is 2. The van der Waals surface area contributed by atoms with Crippen LogP contribution in [0, 0.1) is 12.7 Å². The van der Waals surface area contributed by atoms with Gasteiger partial charge in [-0.3, -0.25) is 9.59 Å². The molecule has 3 aromatic rings. The lowest BCUT2D eigenvalue weighted by atomic mass is 10.2. The normalized spacial score (nSPS) is 10.8. The number of rotatable bonds is 7. The average molecular weight is 409 g/mol. The summed E-state index contributed by atoms with van der Waals surface area (Å²) in [6, 6.07) is 13.2. The Bertz CT molecular complexity index is 1040. The monoisotopic (exact) mass is 409 g/mol. The fraction of sp³-hybridized carbons (Fsp3) is 0.227. The molecule has 2 aromatic carbocycles. The number of amides is 2. The van der Waals surface area contributed by atoms with Gasteiger partial charge in [-0.05, 0) is 63.0 Å². The number of halogens is 1. The van der Waals surface area contributed by atoms with Gasteiger partial charge >= 0.3 is 0 Å². The fourth-order valence-corrected chi connectivity index (χ4v) is 3.00. The number of nitrogens with one attached hydrogen (secondary N) is 2. The van der Waals surface area contributed by atoms with Crippen molar-refractivity contribution >= 4 is 17.5 Å². The van der Waals surface area contributed by atoms with Crippen molar-refractivity contribution in [2.45, 2.75) is 13.5 Å². The van der Waals surface area contributed by atoms with Gasteiger partial charge in [0.1, 0.15) is 5.82 Å². The molecule has 0 aliphatic rings. The van der Waals surface area contributed by atoms with Crippen LogP contribution in [0.3, 0.4) is 0 Å². The van der Waals surface area contributed by atoms with Gasteiger partial charge in [-0.2, -0.15) is 5.10 Å². The number of aromatic nitrogens is 2. The highest BCUT2D eigenvalue weighted by Crippen LogP contribution is 2.15. The maximum absolute atomic E-state index is 13.1. The summed E-state index contributed by atoms with van der Waals surface area (Å²) in [5, 5.41) is 9.95. The van der Waals surface area contributed by atoms with E-state index < -0.39 is 0 Å². The SMILES string of the molecule is Cc1c(C(=O)NCc2cccc(NC(=O)CN(C)C)c2)cnn1-c1ccc(F)cc1. The second kappa shape index (κ2) is 9.32. The minimum Gasteiger partial charge on any atom is -0.348 e. The lowest BCUT2D eigenvalue weighted by Crippen LogP contribution is -2.27. The minimum atomic E-state index is -0.332. The summed E-state index contributed by atoms with van der Waals surface area (Å²) in [5.74, 6) is -0.699. The van der Waals surface area contributed by atoms with Crippen LogP contribution in [0.5, 0.6) is 0 Å². The Morgan fingerprint density at radius 2 is 1.87 bits per heavy atom. The third kappa shape index (κ3) is 5.30.